The number of nitrogens with two attached hydrogens (primary N) is 1. The molecule has 0 unspecified atom stereocenters. The SMILES string of the molecule is CCC1(CC)CCN(c2ccc(C(F)(F)F)cc2N)C1. The van der Waals surface area contributed by atoms with Gasteiger partial charge in [0.1, 0.15) is 0 Å². The van der Waals surface area contributed by atoms with Crippen LogP contribution in [0, 0.1) is 5.41 Å². The average molecular weight is 286 g/mol. The Morgan fingerprint density at radius 2 is 1.90 bits per heavy atom. The highest BCUT2D eigenvalue weighted by Gasteiger charge is 2.36. The number of hydrogen-bond donors (Lipinski definition) is 1. The summed E-state index contributed by atoms with van der Waals surface area (Å²) in [6.45, 7) is 6.07. The second-order valence-electron chi connectivity index (χ2n) is 5.65. The average Bonchev–Trinajstić information content (AvgIpc) is 2.82. The molecule has 0 aromatic heterocycles. The van der Waals surface area contributed by atoms with Gasteiger partial charge in [-0.25, -0.2) is 0 Å². The first kappa shape index (κ1) is 15.0. The molecule has 20 heavy (non-hydrogen) atoms. The largest absolute Gasteiger partial charge is 0.416 e. The van der Waals surface area contributed by atoms with E-state index in [0.717, 1.165) is 50.2 Å². The summed E-state index contributed by atoms with van der Waals surface area (Å²) >= 11 is 0. The van der Waals surface area contributed by atoms with Gasteiger partial charge in [0, 0.05) is 13.1 Å². The predicted octanol–water partition coefficient (Wildman–Crippen LogP) is 4.30. The van der Waals surface area contributed by atoms with Crippen LogP contribution in [0.25, 0.3) is 0 Å². The zero-order valence-corrected chi connectivity index (χ0v) is 11.9. The Bertz CT molecular complexity index is 478. The van der Waals surface area contributed by atoms with E-state index in [-0.39, 0.29) is 11.1 Å². The van der Waals surface area contributed by atoms with Crippen molar-refractivity contribution in [2.45, 2.75) is 39.3 Å². The molecule has 1 aliphatic heterocycles. The molecule has 112 valence electrons. The fourth-order valence-electron chi connectivity index (χ4n) is 2.99. The van der Waals surface area contributed by atoms with Crippen LogP contribution in [-0.4, -0.2) is 13.1 Å². The summed E-state index contributed by atoms with van der Waals surface area (Å²) in [6, 6.07) is 3.65. The van der Waals surface area contributed by atoms with E-state index >= 15 is 0 Å². The molecule has 2 N–H and O–H groups in total. The quantitative estimate of drug-likeness (QED) is 0.839. The Hall–Kier alpha value is -1.39. The van der Waals surface area contributed by atoms with E-state index in [9.17, 15) is 13.2 Å². The lowest BCUT2D eigenvalue weighted by Crippen LogP contribution is -2.26. The molecule has 1 aliphatic rings. The third-order valence-corrected chi connectivity index (χ3v) is 4.63. The van der Waals surface area contributed by atoms with Crippen LogP contribution in [0.5, 0.6) is 0 Å². The number of benzene rings is 1. The van der Waals surface area contributed by atoms with Gasteiger partial charge in [0.25, 0.3) is 0 Å². The van der Waals surface area contributed by atoms with Crippen LogP contribution in [0.15, 0.2) is 18.2 Å². The normalized spacial score (nSPS) is 18.6. The number of nitrogen functional groups attached to an aromatic ring is 1. The van der Waals surface area contributed by atoms with Crippen LogP contribution in [0.2, 0.25) is 0 Å². The van der Waals surface area contributed by atoms with Gasteiger partial charge in [0.05, 0.1) is 16.9 Å². The van der Waals surface area contributed by atoms with E-state index in [0.29, 0.717) is 0 Å². The highest BCUT2D eigenvalue weighted by Crippen LogP contribution is 2.41. The maximum Gasteiger partial charge on any atom is 0.416 e. The van der Waals surface area contributed by atoms with Gasteiger partial charge in [-0.2, -0.15) is 13.2 Å². The van der Waals surface area contributed by atoms with E-state index in [1.807, 2.05) is 0 Å². The van der Waals surface area contributed by atoms with Crippen molar-refractivity contribution in [2.24, 2.45) is 5.41 Å². The molecule has 1 saturated heterocycles. The Morgan fingerprint density at radius 1 is 1.25 bits per heavy atom. The van der Waals surface area contributed by atoms with Crippen LogP contribution in [0.3, 0.4) is 0 Å². The summed E-state index contributed by atoms with van der Waals surface area (Å²) < 4.78 is 37.9. The molecule has 0 atom stereocenters. The molecule has 0 aliphatic carbocycles. The molecule has 1 heterocycles. The number of hydrogen-bond acceptors (Lipinski definition) is 2. The fourth-order valence-corrected chi connectivity index (χ4v) is 2.99. The third kappa shape index (κ3) is 2.72. The van der Waals surface area contributed by atoms with Crippen LogP contribution in [0.1, 0.15) is 38.7 Å². The van der Waals surface area contributed by atoms with Crippen molar-refractivity contribution >= 4 is 11.4 Å². The summed E-state index contributed by atoms with van der Waals surface area (Å²) in [5.41, 5.74) is 6.35. The molecule has 0 bridgehead atoms. The molecule has 0 amide bonds. The van der Waals surface area contributed by atoms with Crippen molar-refractivity contribution in [1.82, 2.24) is 0 Å². The highest BCUT2D eigenvalue weighted by molar-refractivity contribution is 5.69. The molecule has 0 saturated carbocycles. The number of alkyl halides is 3. The van der Waals surface area contributed by atoms with Crippen molar-refractivity contribution in [3.63, 3.8) is 0 Å². The highest BCUT2D eigenvalue weighted by atomic mass is 19.4. The van der Waals surface area contributed by atoms with Crippen molar-refractivity contribution in [3.8, 4) is 0 Å². The Morgan fingerprint density at radius 3 is 2.35 bits per heavy atom. The number of halogens is 3. The maximum atomic E-state index is 12.6. The van der Waals surface area contributed by atoms with Gasteiger partial charge in [0.2, 0.25) is 0 Å². The minimum Gasteiger partial charge on any atom is -0.397 e. The molecule has 1 aromatic rings. The summed E-state index contributed by atoms with van der Waals surface area (Å²) in [5, 5.41) is 0. The topological polar surface area (TPSA) is 29.3 Å². The second-order valence-corrected chi connectivity index (χ2v) is 5.65. The summed E-state index contributed by atoms with van der Waals surface area (Å²) in [4.78, 5) is 2.11. The lowest BCUT2D eigenvalue weighted by atomic mass is 9.82. The predicted molar refractivity (Wildman–Crippen MR) is 75.7 cm³/mol. The first-order chi connectivity index (χ1) is 9.31. The zero-order valence-electron chi connectivity index (χ0n) is 11.9. The Labute approximate surface area is 117 Å². The molecular weight excluding hydrogens is 265 g/mol. The minimum absolute atomic E-state index is 0.211. The number of anilines is 2. The second kappa shape index (κ2) is 5.19. The molecule has 5 heteroatoms. The summed E-state index contributed by atoms with van der Waals surface area (Å²) in [7, 11) is 0. The van der Waals surface area contributed by atoms with Crippen molar-refractivity contribution in [3.05, 3.63) is 23.8 Å². The minimum atomic E-state index is -4.34. The lowest BCUT2D eigenvalue weighted by molar-refractivity contribution is -0.137. The zero-order chi connectivity index (χ0) is 15.0. The standard InChI is InChI=1S/C15H21F3N2/c1-3-14(4-2)7-8-20(10-14)13-6-5-11(9-12(13)19)15(16,17)18/h5-6,9H,3-4,7-8,10,19H2,1-2H3. The van der Waals surface area contributed by atoms with Crippen molar-refractivity contribution in [1.29, 1.82) is 0 Å². The van der Waals surface area contributed by atoms with Gasteiger partial charge in [-0.1, -0.05) is 13.8 Å². The molecular formula is C15H21F3N2. The van der Waals surface area contributed by atoms with Gasteiger partial charge in [-0.3, -0.25) is 0 Å². The monoisotopic (exact) mass is 286 g/mol. The van der Waals surface area contributed by atoms with E-state index in [1.54, 1.807) is 0 Å². The van der Waals surface area contributed by atoms with Crippen molar-refractivity contribution in [2.75, 3.05) is 23.7 Å². The molecule has 0 spiro atoms. The van der Waals surface area contributed by atoms with Gasteiger partial charge in [-0.05, 0) is 42.9 Å². The first-order valence-electron chi connectivity index (χ1n) is 7.03. The molecule has 1 aromatic carbocycles. The number of rotatable bonds is 3. The molecule has 2 nitrogen and oxygen atoms in total. The van der Waals surface area contributed by atoms with E-state index < -0.39 is 11.7 Å². The maximum absolute atomic E-state index is 12.6. The van der Waals surface area contributed by atoms with Crippen LogP contribution >= 0.6 is 0 Å². The van der Waals surface area contributed by atoms with Gasteiger partial charge < -0.3 is 10.6 Å². The summed E-state index contributed by atoms with van der Waals surface area (Å²) in [5.74, 6) is 0. The van der Waals surface area contributed by atoms with Gasteiger partial charge in [-0.15, -0.1) is 0 Å². The van der Waals surface area contributed by atoms with Crippen molar-refractivity contribution < 1.29 is 13.2 Å². The van der Waals surface area contributed by atoms with E-state index in [1.165, 1.54) is 6.07 Å². The number of nitrogens with zero attached hydrogens (tertiary/aromatic N) is 1. The lowest BCUT2D eigenvalue weighted by Gasteiger charge is -2.28. The van der Waals surface area contributed by atoms with Crippen LogP contribution in [0.4, 0.5) is 24.5 Å². The first-order valence-corrected chi connectivity index (χ1v) is 7.03. The van der Waals surface area contributed by atoms with Crippen LogP contribution in [-0.2, 0) is 6.18 Å². The van der Waals surface area contributed by atoms with Gasteiger partial charge in [0.15, 0.2) is 0 Å². The molecule has 0 radical (unpaired) electrons. The summed E-state index contributed by atoms with van der Waals surface area (Å²) in [6.07, 6.45) is -1.10. The van der Waals surface area contributed by atoms with E-state index in [2.05, 4.69) is 18.7 Å². The Balaban J connectivity index is 2.23. The van der Waals surface area contributed by atoms with E-state index in [4.69, 9.17) is 5.73 Å². The molecule has 1 fully saturated rings. The Kier molecular flexibility index (Phi) is 3.89. The molecule has 2 rings (SSSR count). The smallest absolute Gasteiger partial charge is 0.397 e. The fraction of sp³-hybridized carbons (Fsp3) is 0.600. The van der Waals surface area contributed by atoms with Gasteiger partial charge >= 0.3 is 6.18 Å². The third-order valence-electron chi connectivity index (χ3n) is 4.63. The van der Waals surface area contributed by atoms with Crippen LogP contribution < -0.4 is 10.6 Å².